The smallest absolute Gasteiger partial charge is 0.264 e. The highest BCUT2D eigenvalue weighted by Gasteiger charge is 2.33. The van der Waals surface area contributed by atoms with Crippen molar-refractivity contribution in [1.29, 1.82) is 0 Å². The molecule has 0 unspecified atom stereocenters. The van der Waals surface area contributed by atoms with E-state index in [2.05, 4.69) is 5.32 Å². The third-order valence-corrected chi connectivity index (χ3v) is 9.51. The van der Waals surface area contributed by atoms with E-state index in [1.165, 1.54) is 35.2 Å². The molecular formula is C29H31Cl4N3O4S. The first kappa shape index (κ1) is 33.0. The highest BCUT2D eigenvalue weighted by Crippen LogP contribution is 2.31. The van der Waals surface area contributed by atoms with Crippen molar-refractivity contribution in [2.45, 2.75) is 57.6 Å². The Morgan fingerprint density at radius 2 is 1.46 bits per heavy atom. The molecule has 0 aliphatic heterocycles. The summed E-state index contributed by atoms with van der Waals surface area (Å²) in [7, 11) is -4.28. The number of carbonyl (C=O) groups excluding carboxylic acids is 2. The number of halogens is 4. The highest BCUT2D eigenvalue weighted by atomic mass is 35.5. The lowest BCUT2D eigenvalue weighted by molar-refractivity contribution is -0.139. The molecule has 220 valence electrons. The first-order valence-corrected chi connectivity index (χ1v) is 15.8. The Balaban J connectivity index is 2.10. The molecule has 2 amide bonds. The molecule has 0 saturated heterocycles. The largest absolute Gasteiger partial charge is 0.352 e. The molecular weight excluding hydrogens is 628 g/mol. The van der Waals surface area contributed by atoms with Crippen molar-refractivity contribution in [2.75, 3.05) is 10.8 Å². The first-order chi connectivity index (χ1) is 19.2. The highest BCUT2D eigenvalue weighted by molar-refractivity contribution is 7.92. The molecule has 0 aliphatic rings. The zero-order chi connectivity index (χ0) is 30.5. The number of nitrogens with zero attached hydrogens (tertiary/aromatic N) is 2. The molecule has 3 rings (SSSR count). The van der Waals surface area contributed by atoms with Crippen molar-refractivity contribution in [3.05, 3.63) is 91.9 Å². The molecule has 0 radical (unpaired) electrons. The van der Waals surface area contributed by atoms with Crippen LogP contribution in [0, 0.1) is 6.92 Å². The van der Waals surface area contributed by atoms with Crippen molar-refractivity contribution in [3.8, 4) is 0 Å². The number of benzene rings is 3. The lowest BCUT2D eigenvalue weighted by Gasteiger charge is -2.33. The topological polar surface area (TPSA) is 86.8 Å². The molecule has 0 spiro atoms. The molecule has 3 aromatic carbocycles. The maximum absolute atomic E-state index is 14.0. The molecule has 1 N–H and O–H groups in total. The Kier molecular flexibility index (Phi) is 11.4. The van der Waals surface area contributed by atoms with Crippen LogP contribution in [0.1, 0.15) is 38.3 Å². The van der Waals surface area contributed by atoms with Crippen LogP contribution < -0.4 is 9.62 Å². The van der Waals surface area contributed by atoms with E-state index in [-0.39, 0.29) is 33.2 Å². The van der Waals surface area contributed by atoms with Crippen LogP contribution in [0.4, 0.5) is 5.69 Å². The Bertz CT molecular complexity index is 1480. The minimum Gasteiger partial charge on any atom is -0.352 e. The summed E-state index contributed by atoms with van der Waals surface area (Å²) in [5.74, 6) is -1.07. The normalized spacial score (nSPS) is 12.9. The predicted molar refractivity (Wildman–Crippen MR) is 167 cm³/mol. The number of hydrogen-bond donors (Lipinski definition) is 1. The average Bonchev–Trinajstić information content (AvgIpc) is 2.90. The van der Waals surface area contributed by atoms with E-state index in [1.807, 2.05) is 20.8 Å². The Morgan fingerprint density at radius 3 is 2.00 bits per heavy atom. The Hall–Kier alpha value is -2.49. The second kappa shape index (κ2) is 14.1. The summed E-state index contributed by atoms with van der Waals surface area (Å²) in [6.45, 7) is 6.37. The Labute approximate surface area is 261 Å². The second-order valence-corrected chi connectivity index (χ2v) is 13.2. The summed E-state index contributed by atoms with van der Waals surface area (Å²) in [5.41, 5.74) is 1.37. The number of nitrogens with one attached hydrogen (secondary N) is 1. The van der Waals surface area contributed by atoms with Crippen LogP contribution in [0.5, 0.6) is 0 Å². The molecule has 2 atom stereocenters. The van der Waals surface area contributed by atoms with Gasteiger partial charge >= 0.3 is 0 Å². The van der Waals surface area contributed by atoms with Gasteiger partial charge in [0, 0.05) is 38.2 Å². The van der Waals surface area contributed by atoms with Gasteiger partial charge in [-0.15, -0.1) is 0 Å². The quantitative estimate of drug-likeness (QED) is 0.237. The van der Waals surface area contributed by atoms with E-state index in [4.69, 9.17) is 46.4 Å². The van der Waals surface area contributed by atoms with Gasteiger partial charge in [-0.1, -0.05) is 77.1 Å². The summed E-state index contributed by atoms with van der Waals surface area (Å²) in [5, 5.41) is 3.85. The molecule has 7 nitrogen and oxygen atoms in total. The van der Waals surface area contributed by atoms with Gasteiger partial charge in [0.05, 0.1) is 10.6 Å². The minimum absolute atomic E-state index is 0.0322. The van der Waals surface area contributed by atoms with Crippen LogP contribution in [0.2, 0.25) is 20.1 Å². The first-order valence-electron chi connectivity index (χ1n) is 12.8. The number of amides is 2. The van der Waals surface area contributed by atoms with Gasteiger partial charge in [-0.3, -0.25) is 13.9 Å². The minimum atomic E-state index is -4.28. The fourth-order valence-corrected chi connectivity index (χ4v) is 6.38. The second-order valence-electron chi connectivity index (χ2n) is 9.67. The number of rotatable bonds is 11. The Morgan fingerprint density at radius 1 is 0.902 bits per heavy atom. The van der Waals surface area contributed by atoms with Crippen LogP contribution in [-0.2, 0) is 26.2 Å². The summed E-state index contributed by atoms with van der Waals surface area (Å²) < 4.78 is 28.8. The molecule has 0 fully saturated rings. The van der Waals surface area contributed by atoms with Gasteiger partial charge in [0.1, 0.15) is 12.6 Å². The third-order valence-electron chi connectivity index (χ3n) is 6.58. The fourth-order valence-electron chi connectivity index (χ4n) is 3.95. The van der Waals surface area contributed by atoms with Crippen LogP contribution in [0.15, 0.2) is 65.6 Å². The predicted octanol–water partition coefficient (Wildman–Crippen LogP) is 7.14. The SMILES string of the molecule is CC[C@H](C)NC(=O)[C@H](C)N(Cc1c(Cl)cccc1Cl)C(=O)CN(c1cc(Cl)cc(Cl)c1)S(=O)(=O)c1ccc(C)cc1. The molecule has 0 aromatic heterocycles. The molecule has 0 aliphatic carbocycles. The number of hydrogen-bond acceptors (Lipinski definition) is 4. The van der Waals surface area contributed by atoms with Gasteiger partial charge in [0.15, 0.2) is 0 Å². The van der Waals surface area contributed by atoms with Gasteiger partial charge in [-0.2, -0.15) is 0 Å². The number of sulfonamides is 1. The van der Waals surface area contributed by atoms with Crippen molar-refractivity contribution in [3.63, 3.8) is 0 Å². The van der Waals surface area contributed by atoms with Gasteiger partial charge in [0.25, 0.3) is 10.0 Å². The zero-order valence-corrected chi connectivity index (χ0v) is 26.8. The maximum atomic E-state index is 14.0. The van der Waals surface area contributed by atoms with E-state index < -0.39 is 34.4 Å². The van der Waals surface area contributed by atoms with Gasteiger partial charge in [-0.25, -0.2) is 8.42 Å². The number of anilines is 1. The third kappa shape index (κ3) is 8.30. The maximum Gasteiger partial charge on any atom is 0.264 e. The molecule has 0 bridgehead atoms. The van der Waals surface area contributed by atoms with E-state index >= 15 is 0 Å². The molecule has 0 saturated carbocycles. The fraction of sp³-hybridized carbons (Fsp3) is 0.310. The van der Waals surface area contributed by atoms with Crippen molar-refractivity contribution < 1.29 is 18.0 Å². The summed E-state index contributed by atoms with van der Waals surface area (Å²) in [6.07, 6.45) is 0.681. The average molecular weight is 659 g/mol. The lowest BCUT2D eigenvalue weighted by Crippen LogP contribution is -2.52. The molecule has 41 heavy (non-hydrogen) atoms. The van der Waals surface area contributed by atoms with Crippen LogP contribution in [0.25, 0.3) is 0 Å². The number of aryl methyl sites for hydroxylation is 1. The van der Waals surface area contributed by atoms with Crippen molar-refractivity contribution in [2.24, 2.45) is 0 Å². The van der Waals surface area contributed by atoms with E-state index in [9.17, 15) is 18.0 Å². The van der Waals surface area contributed by atoms with Crippen molar-refractivity contribution in [1.82, 2.24) is 10.2 Å². The number of carbonyl (C=O) groups is 2. The molecule has 0 heterocycles. The van der Waals surface area contributed by atoms with E-state index in [0.29, 0.717) is 22.0 Å². The van der Waals surface area contributed by atoms with Crippen LogP contribution in [0.3, 0.4) is 0 Å². The zero-order valence-electron chi connectivity index (χ0n) is 23.0. The lowest BCUT2D eigenvalue weighted by atomic mass is 10.1. The van der Waals surface area contributed by atoms with E-state index in [0.717, 1.165) is 9.87 Å². The van der Waals surface area contributed by atoms with Gasteiger partial charge in [0.2, 0.25) is 11.8 Å². The standard InChI is InChI=1S/C29H31Cl4N3O4S/c1-5-19(3)34-29(38)20(4)35(16-25-26(32)7-6-8-27(25)33)28(37)17-36(23-14-21(30)13-22(31)15-23)41(39,40)24-11-9-18(2)10-12-24/h6-15,19-20H,5,16-17H2,1-4H3,(H,34,38)/t19-,20-/m0/s1. The van der Waals surface area contributed by atoms with Gasteiger partial charge in [-0.05, 0) is 69.7 Å². The van der Waals surface area contributed by atoms with Crippen LogP contribution in [-0.4, -0.2) is 43.8 Å². The van der Waals surface area contributed by atoms with Crippen molar-refractivity contribution >= 4 is 73.9 Å². The summed E-state index contributed by atoms with van der Waals surface area (Å²) in [4.78, 5) is 28.4. The van der Waals surface area contributed by atoms with Gasteiger partial charge < -0.3 is 10.2 Å². The summed E-state index contributed by atoms with van der Waals surface area (Å²) in [6, 6.07) is 14.3. The molecule has 12 heteroatoms. The summed E-state index contributed by atoms with van der Waals surface area (Å²) >= 11 is 25.3. The monoisotopic (exact) mass is 657 g/mol. The molecule has 3 aromatic rings. The van der Waals surface area contributed by atoms with Crippen LogP contribution >= 0.6 is 46.4 Å². The van der Waals surface area contributed by atoms with E-state index in [1.54, 1.807) is 37.3 Å².